The molecule has 1 aliphatic rings. The van der Waals surface area contributed by atoms with Crippen molar-refractivity contribution >= 4 is 11.9 Å². The first kappa shape index (κ1) is 34.9. The molecule has 1 amide bonds. The van der Waals surface area contributed by atoms with E-state index in [2.05, 4.69) is 0 Å². The lowest BCUT2D eigenvalue weighted by Gasteiger charge is -2.41. The van der Waals surface area contributed by atoms with Crippen molar-refractivity contribution in [2.75, 3.05) is 40.5 Å². The van der Waals surface area contributed by atoms with Gasteiger partial charge < -0.3 is 34.1 Å². The number of carbonyl (C=O) groups excluding carboxylic acids is 1. The molecule has 1 aliphatic heterocycles. The Morgan fingerprint density at radius 3 is 1.76 bits per heavy atom. The summed E-state index contributed by atoms with van der Waals surface area (Å²) in [6.07, 6.45) is 4.88. The van der Waals surface area contributed by atoms with Crippen LogP contribution in [-0.2, 0) is 24.7 Å². The number of ether oxygens (including phenoxy) is 4. The number of hydrogen-bond donors (Lipinski definition) is 2. The van der Waals surface area contributed by atoms with Gasteiger partial charge in [-0.3, -0.25) is 9.59 Å². The van der Waals surface area contributed by atoms with E-state index in [4.69, 9.17) is 24.1 Å². The van der Waals surface area contributed by atoms with E-state index in [0.29, 0.717) is 25.9 Å². The highest BCUT2D eigenvalue weighted by Crippen LogP contribution is 2.42. The van der Waals surface area contributed by atoms with Crippen LogP contribution in [0.15, 0.2) is 78.9 Å². The molecule has 0 spiro atoms. The summed E-state index contributed by atoms with van der Waals surface area (Å²) in [5, 5.41) is 18.8. The minimum absolute atomic E-state index is 0.0391. The summed E-state index contributed by atoms with van der Waals surface area (Å²) in [4.78, 5) is 25.7. The van der Waals surface area contributed by atoms with E-state index in [0.717, 1.165) is 60.3 Å². The van der Waals surface area contributed by atoms with Gasteiger partial charge in [0.25, 0.3) is 0 Å². The molecule has 248 valence electrons. The highest BCUT2D eigenvalue weighted by molar-refractivity contribution is 5.76. The van der Waals surface area contributed by atoms with E-state index >= 15 is 0 Å². The summed E-state index contributed by atoms with van der Waals surface area (Å²) in [7, 11) is 3.27. The van der Waals surface area contributed by atoms with Crippen LogP contribution in [0.3, 0.4) is 0 Å². The second-order valence-electron chi connectivity index (χ2n) is 11.7. The average Bonchev–Trinajstić information content (AvgIpc) is 3.10. The number of morpholine rings is 1. The summed E-state index contributed by atoms with van der Waals surface area (Å²) in [5.74, 6) is 0.744. The number of methoxy groups -OCH3 is 2. The number of nitrogens with zero attached hydrogens (tertiary/aromatic N) is 1. The first-order valence-electron chi connectivity index (χ1n) is 16.1. The maximum Gasteiger partial charge on any atom is 0.303 e. The van der Waals surface area contributed by atoms with E-state index in [-0.39, 0.29) is 25.5 Å². The van der Waals surface area contributed by atoms with Crippen LogP contribution in [0.1, 0.15) is 68.1 Å². The number of aliphatic hydroxyl groups excluding tert-OH is 1. The van der Waals surface area contributed by atoms with Gasteiger partial charge in [0.15, 0.2) is 0 Å². The van der Waals surface area contributed by atoms with Crippen molar-refractivity contribution in [3.05, 3.63) is 95.6 Å². The first-order chi connectivity index (χ1) is 22.4. The predicted octanol–water partition coefficient (Wildman–Crippen LogP) is 5.81. The minimum atomic E-state index is -1.02. The Morgan fingerprint density at radius 1 is 0.739 bits per heavy atom. The molecule has 9 nitrogen and oxygen atoms in total. The summed E-state index contributed by atoms with van der Waals surface area (Å²) in [5.41, 5.74) is 1.70. The molecule has 0 saturated carbocycles. The summed E-state index contributed by atoms with van der Waals surface area (Å²) in [6, 6.07) is 25.6. The Morgan fingerprint density at radius 2 is 1.24 bits per heavy atom. The number of hydrogen-bond acceptors (Lipinski definition) is 7. The number of unbranched alkanes of at least 4 members (excludes halogenated alkanes) is 5. The molecule has 2 atom stereocenters. The third-order valence-corrected chi connectivity index (χ3v) is 8.48. The van der Waals surface area contributed by atoms with Crippen molar-refractivity contribution in [2.24, 2.45) is 0 Å². The van der Waals surface area contributed by atoms with Gasteiger partial charge in [-0.2, -0.15) is 0 Å². The van der Waals surface area contributed by atoms with Gasteiger partial charge in [0, 0.05) is 25.9 Å². The van der Waals surface area contributed by atoms with Crippen molar-refractivity contribution in [2.45, 2.75) is 69.2 Å². The maximum absolute atomic E-state index is 13.3. The Labute approximate surface area is 272 Å². The first-order valence-corrected chi connectivity index (χ1v) is 16.1. The Hall–Kier alpha value is -3.92. The van der Waals surface area contributed by atoms with Gasteiger partial charge in [-0.1, -0.05) is 80.3 Å². The van der Waals surface area contributed by atoms with E-state index in [9.17, 15) is 14.7 Å². The van der Waals surface area contributed by atoms with Gasteiger partial charge in [0.2, 0.25) is 5.91 Å². The molecule has 0 unspecified atom stereocenters. The van der Waals surface area contributed by atoms with E-state index in [1.807, 2.05) is 78.9 Å². The number of carboxylic acids is 1. The molecular weight excluding hydrogens is 586 g/mol. The predicted molar refractivity (Wildman–Crippen MR) is 175 cm³/mol. The highest BCUT2D eigenvalue weighted by Gasteiger charge is 2.40. The molecule has 1 saturated heterocycles. The minimum Gasteiger partial charge on any atom is -0.497 e. The lowest BCUT2D eigenvalue weighted by molar-refractivity contribution is -0.160. The fraction of sp³-hybridized carbons (Fsp3) is 0.459. The molecule has 3 aromatic carbocycles. The van der Waals surface area contributed by atoms with Crippen LogP contribution >= 0.6 is 0 Å². The lowest BCUT2D eigenvalue weighted by atomic mass is 9.80. The zero-order valence-corrected chi connectivity index (χ0v) is 26.9. The molecular formula is C37H47NO8. The fourth-order valence-electron chi connectivity index (χ4n) is 6.03. The molecule has 0 radical (unpaired) electrons. The summed E-state index contributed by atoms with van der Waals surface area (Å²) >= 11 is 0. The van der Waals surface area contributed by atoms with Crippen molar-refractivity contribution in [1.29, 1.82) is 0 Å². The standard InChI is InChI=1S/C37H47NO8/c1-43-31-20-16-29(17-21-31)37(28-12-8-7-9-13-28,30-18-22-32(44-2)23-19-30)45-27-34-25-38(24-33(26-39)46-34)35(40)14-10-5-3-4-6-11-15-36(41)42/h7-9,12-13,16-23,33-34,39H,3-6,10-11,14-15,24-27H2,1-2H3,(H,41,42)/t33-,34+/m1/s1. The van der Waals surface area contributed by atoms with Gasteiger partial charge in [-0.15, -0.1) is 0 Å². The van der Waals surface area contributed by atoms with Crippen LogP contribution in [0.5, 0.6) is 11.5 Å². The smallest absolute Gasteiger partial charge is 0.303 e. The Bertz CT molecular complexity index is 1300. The van der Waals surface area contributed by atoms with Gasteiger partial charge >= 0.3 is 5.97 Å². The van der Waals surface area contributed by atoms with Crippen molar-refractivity contribution in [3.8, 4) is 11.5 Å². The van der Waals surface area contributed by atoms with Gasteiger partial charge in [-0.25, -0.2) is 0 Å². The molecule has 3 aromatic rings. The Kier molecular flexibility index (Phi) is 13.4. The average molecular weight is 634 g/mol. The lowest BCUT2D eigenvalue weighted by Crippen LogP contribution is -2.53. The largest absolute Gasteiger partial charge is 0.497 e. The van der Waals surface area contributed by atoms with E-state index in [1.54, 1.807) is 19.1 Å². The van der Waals surface area contributed by atoms with Crippen LogP contribution < -0.4 is 9.47 Å². The molecule has 1 fully saturated rings. The third-order valence-electron chi connectivity index (χ3n) is 8.48. The number of amides is 1. The zero-order chi connectivity index (χ0) is 32.8. The van der Waals surface area contributed by atoms with Crippen LogP contribution in [0.4, 0.5) is 0 Å². The highest BCUT2D eigenvalue weighted by atomic mass is 16.6. The third kappa shape index (κ3) is 9.31. The SMILES string of the molecule is COc1ccc(C(OC[C@@H]2CN(C(=O)CCCCCCCCC(=O)O)C[C@H](CO)O2)(c2ccccc2)c2ccc(OC)cc2)cc1. The summed E-state index contributed by atoms with van der Waals surface area (Å²) < 4.78 is 24.1. The summed E-state index contributed by atoms with van der Waals surface area (Å²) in [6.45, 7) is 0.670. The number of carboxylic acid groups (broad SMARTS) is 1. The van der Waals surface area contributed by atoms with Gasteiger partial charge in [-0.05, 0) is 53.8 Å². The molecule has 2 N–H and O–H groups in total. The van der Waals surface area contributed by atoms with E-state index in [1.165, 1.54) is 0 Å². The number of aliphatic carboxylic acids is 1. The second-order valence-corrected chi connectivity index (χ2v) is 11.7. The van der Waals surface area contributed by atoms with Crippen LogP contribution in [-0.4, -0.2) is 79.7 Å². The van der Waals surface area contributed by atoms with Crippen LogP contribution in [0.25, 0.3) is 0 Å². The monoisotopic (exact) mass is 633 g/mol. The van der Waals surface area contributed by atoms with Crippen LogP contribution in [0.2, 0.25) is 0 Å². The van der Waals surface area contributed by atoms with E-state index < -0.39 is 23.8 Å². The molecule has 1 heterocycles. The normalized spacial score (nSPS) is 16.6. The van der Waals surface area contributed by atoms with Crippen molar-refractivity contribution in [3.63, 3.8) is 0 Å². The fourth-order valence-corrected chi connectivity index (χ4v) is 6.03. The number of carbonyl (C=O) groups is 2. The number of benzene rings is 3. The van der Waals surface area contributed by atoms with Crippen molar-refractivity contribution < 1.29 is 38.7 Å². The molecule has 4 rings (SSSR count). The second kappa shape index (κ2) is 17.7. The number of aliphatic hydroxyl groups is 1. The molecule has 0 bridgehead atoms. The Balaban J connectivity index is 1.51. The maximum atomic E-state index is 13.3. The van der Waals surface area contributed by atoms with Gasteiger partial charge in [0.1, 0.15) is 17.1 Å². The van der Waals surface area contributed by atoms with Crippen molar-refractivity contribution in [1.82, 2.24) is 4.90 Å². The molecule has 0 aliphatic carbocycles. The van der Waals surface area contributed by atoms with Gasteiger partial charge in [0.05, 0.1) is 39.6 Å². The molecule has 0 aromatic heterocycles. The molecule has 9 heteroatoms. The number of rotatable bonds is 18. The quantitative estimate of drug-likeness (QED) is 0.133. The molecule has 46 heavy (non-hydrogen) atoms. The zero-order valence-electron chi connectivity index (χ0n) is 26.9. The van der Waals surface area contributed by atoms with Crippen LogP contribution in [0, 0.1) is 0 Å². The topological polar surface area (TPSA) is 115 Å².